The Labute approximate surface area is 176 Å². The van der Waals surface area contributed by atoms with Gasteiger partial charge in [0.05, 0.1) is 0 Å². The Morgan fingerprint density at radius 1 is 1.23 bits per heavy atom. The Hall–Kier alpha value is -0.860. The van der Waals surface area contributed by atoms with Crippen molar-refractivity contribution in [1.82, 2.24) is 15.5 Å². The van der Waals surface area contributed by atoms with Gasteiger partial charge in [-0.3, -0.25) is 4.99 Å². The van der Waals surface area contributed by atoms with Gasteiger partial charge in [0.25, 0.3) is 0 Å². The third-order valence-electron chi connectivity index (χ3n) is 4.58. The summed E-state index contributed by atoms with van der Waals surface area (Å²) in [7, 11) is 6.08. The number of hydrogen-bond donors (Lipinski definition) is 2. The van der Waals surface area contributed by atoms with Gasteiger partial charge in [-0.05, 0) is 51.3 Å². The summed E-state index contributed by atoms with van der Waals surface area (Å²) in [5, 5.41) is 6.82. The molecule has 1 fully saturated rings. The fraction of sp³-hybridized carbons (Fsp3) is 0.650. The predicted molar refractivity (Wildman–Crippen MR) is 121 cm³/mol. The van der Waals surface area contributed by atoms with Crippen molar-refractivity contribution in [2.24, 2.45) is 10.9 Å². The molecule has 1 aliphatic rings. The summed E-state index contributed by atoms with van der Waals surface area (Å²) in [5.41, 5.74) is 1.36. The molecule has 1 saturated carbocycles. The van der Waals surface area contributed by atoms with Crippen LogP contribution in [0.15, 0.2) is 35.3 Å². The highest BCUT2D eigenvalue weighted by atomic mass is 127. The van der Waals surface area contributed by atoms with E-state index in [1.807, 2.05) is 7.05 Å². The molecule has 1 unspecified atom stereocenters. The van der Waals surface area contributed by atoms with Gasteiger partial charge in [0.15, 0.2) is 5.96 Å². The van der Waals surface area contributed by atoms with Crippen molar-refractivity contribution in [3.63, 3.8) is 0 Å². The number of rotatable bonds is 11. The summed E-state index contributed by atoms with van der Waals surface area (Å²) in [6.45, 7) is 3.52. The number of benzene rings is 1. The van der Waals surface area contributed by atoms with Gasteiger partial charge in [0.1, 0.15) is 0 Å². The van der Waals surface area contributed by atoms with Crippen molar-refractivity contribution in [1.29, 1.82) is 0 Å². The van der Waals surface area contributed by atoms with Gasteiger partial charge in [0, 0.05) is 39.4 Å². The van der Waals surface area contributed by atoms with E-state index >= 15 is 0 Å². The lowest BCUT2D eigenvalue weighted by molar-refractivity contribution is 0.123. The zero-order chi connectivity index (χ0) is 17.9. The van der Waals surface area contributed by atoms with Crippen LogP contribution in [-0.2, 0) is 11.2 Å². The Morgan fingerprint density at radius 3 is 2.58 bits per heavy atom. The standard InChI is InChI=1S/C20H34N4O.HI/c1-21-20(22-12-7-13-25-16-18-10-11-18)23-15-19(24(2)3)14-17-8-5-4-6-9-17;/h4-6,8-9,18-19H,7,10-16H2,1-3H3,(H2,21,22,23);1H. The molecule has 26 heavy (non-hydrogen) atoms. The van der Waals surface area contributed by atoms with Crippen LogP contribution in [0.4, 0.5) is 0 Å². The van der Waals surface area contributed by atoms with Crippen molar-refractivity contribution < 1.29 is 4.74 Å². The van der Waals surface area contributed by atoms with Crippen LogP contribution in [0.2, 0.25) is 0 Å². The smallest absolute Gasteiger partial charge is 0.191 e. The van der Waals surface area contributed by atoms with E-state index in [0.29, 0.717) is 6.04 Å². The SMILES string of the molecule is CN=C(NCCCOCC1CC1)NCC(Cc1ccccc1)N(C)C.I. The van der Waals surface area contributed by atoms with Crippen molar-refractivity contribution in [2.75, 3.05) is 47.4 Å². The third-order valence-corrected chi connectivity index (χ3v) is 4.58. The maximum absolute atomic E-state index is 5.66. The molecule has 2 rings (SSSR count). The second-order valence-corrected chi connectivity index (χ2v) is 7.06. The Morgan fingerprint density at radius 2 is 1.96 bits per heavy atom. The summed E-state index contributed by atoms with van der Waals surface area (Å²) in [5.74, 6) is 1.71. The van der Waals surface area contributed by atoms with Crippen LogP contribution in [0.3, 0.4) is 0 Å². The molecule has 148 valence electrons. The first-order valence-electron chi connectivity index (χ1n) is 9.41. The van der Waals surface area contributed by atoms with E-state index < -0.39 is 0 Å². The summed E-state index contributed by atoms with van der Waals surface area (Å²) < 4.78 is 5.66. The second-order valence-electron chi connectivity index (χ2n) is 7.06. The molecule has 1 aromatic rings. The monoisotopic (exact) mass is 474 g/mol. The molecule has 0 radical (unpaired) electrons. The number of hydrogen-bond acceptors (Lipinski definition) is 3. The highest BCUT2D eigenvalue weighted by Gasteiger charge is 2.20. The maximum Gasteiger partial charge on any atom is 0.191 e. The highest BCUT2D eigenvalue weighted by molar-refractivity contribution is 14.0. The lowest BCUT2D eigenvalue weighted by atomic mass is 10.1. The van der Waals surface area contributed by atoms with Crippen molar-refractivity contribution in [2.45, 2.75) is 31.7 Å². The topological polar surface area (TPSA) is 48.9 Å². The molecule has 0 bridgehead atoms. The van der Waals surface area contributed by atoms with Gasteiger partial charge in [-0.15, -0.1) is 24.0 Å². The van der Waals surface area contributed by atoms with Gasteiger partial charge in [-0.25, -0.2) is 0 Å². The number of ether oxygens (including phenoxy) is 1. The Bertz CT molecular complexity index is 506. The van der Waals surface area contributed by atoms with E-state index in [1.54, 1.807) is 0 Å². The van der Waals surface area contributed by atoms with Gasteiger partial charge >= 0.3 is 0 Å². The van der Waals surface area contributed by atoms with Crippen LogP contribution in [0.1, 0.15) is 24.8 Å². The number of nitrogens with zero attached hydrogens (tertiary/aromatic N) is 2. The van der Waals surface area contributed by atoms with E-state index in [-0.39, 0.29) is 24.0 Å². The first-order valence-corrected chi connectivity index (χ1v) is 9.41. The van der Waals surface area contributed by atoms with Gasteiger partial charge in [0.2, 0.25) is 0 Å². The molecular formula is C20H35IN4O. The third kappa shape index (κ3) is 9.73. The van der Waals surface area contributed by atoms with Gasteiger partial charge < -0.3 is 20.3 Å². The highest BCUT2D eigenvalue weighted by Crippen LogP contribution is 2.28. The van der Waals surface area contributed by atoms with Crippen molar-refractivity contribution in [3.05, 3.63) is 35.9 Å². The molecular weight excluding hydrogens is 439 g/mol. The number of nitrogens with one attached hydrogen (secondary N) is 2. The maximum atomic E-state index is 5.66. The average Bonchev–Trinajstić information content (AvgIpc) is 3.44. The second kappa shape index (κ2) is 13.3. The fourth-order valence-electron chi connectivity index (χ4n) is 2.67. The van der Waals surface area contributed by atoms with E-state index in [9.17, 15) is 0 Å². The van der Waals surface area contributed by atoms with Crippen LogP contribution in [0, 0.1) is 5.92 Å². The predicted octanol–water partition coefficient (Wildman–Crippen LogP) is 2.76. The molecule has 0 saturated heterocycles. The largest absolute Gasteiger partial charge is 0.381 e. The van der Waals surface area contributed by atoms with E-state index in [0.717, 1.165) is 51.0 Å². The average molecular weight is 474 g/mol. The van der Waals surface area contributed by atoms with E-state index in [1.165, 1.54) is 18.4 Å². The van der Waals surface area contributed by atoms with E-state index in [4.69, 9.17) is 4.74 Å². The van der Waals surface area contributed by atoms with Gasteiger partial charge in [-0.2, -0.15) is 0 Å². The number of likely N-dealkylation sites (N-methyl/N-ethyl adjacent to an activating group) is 1. The van der Waals surface area contributed by atoms with Crippen LogP contribution < -0.4 is 10.6 Å². The van der Waals surface area contributed by atoms with Crippen LogP contribution >= 0.6 is 24.0 Å². The first-order chi connectivity index (χ1) is 12.2. The van der Waals surface area contributed by atoms with Crippen molar-refractivity contribution in [3.8, 4) is 0 Å². The molecule has 5 nitrogen and oxygen atoms in total. The summed E-state index contributed by atoms with van der Waals surface area (Å²) in [4.78, 5) is 6.58. The lowest BCUT2D eigenvalue weighted by Gasteiger charge is -2.25. The molecule has 0 aliphatic heterocycles. The molecule has 1 aromatic carbocycles. The van der Waals surface area contributed by atoms with E-state index in [2.05, 4.69) is 65.0 Å². The van der Waals surface area contributed by atoms with Gasteiger partial charge in [-0.1, -0.05) is 30.3 Å². The quantitative estimate of drug-likeness (QED) is 0.224. The minimum atomic E-state index is 0. The van der Waals surface area contributed by atoms with Crippen molar-refractivity contribution >= 4 is 29.9 Å². The molecule has 6 heteroatoms. The summed E-state index contributed by atoms with van der Waals surface area (Å²) in [6, 6.07) is 11.0. The van der Waals surface area contributed by atoms with Crippen LogP contribution in [0.5, 0.6) is 0 Å². The molecule has 0 heterocycles. The summed E-state index contributed by atoms with van der Waals surface area (Å²) in [6.07, 6.45) is 4.73. The molecule has 1 atom stereocenters. The number of halogens is 1. The summed E-state index contributed by atoms with van der Waals surface area (Å²) >= 11 is 0. The minimum Gasteiger partial charge on any atom is -0.381 e. The molecule has 0 spiro atoms. The molecule has 2 N–H and O–H groups in total. The molecule has 1 aliphatic carbocycles. The minimum absolute atomic E-state index is 0. The lowest BCUT2D eigenvalue weighted by Crippen LogP contribution is -2.46. The molecule has 0 aromatic heterocycles. The fourth-order valence-corrected chi connectivity index (χ4v) is 2.67. The Kier molecular flexibility index (Phi) is 11.9. The zero-order valence-corrected chi connectivity index (χ0v) is 18.7. The Balaban J connectivity index is 0.00000338. The number of aliphatic imine (C=N–C) groups is 1. The molecule has 0 amide bonds. The van der Waals surface area contributed by atoms with Crippen LogP contribution in [-0.4, -0.2) is 64.3 Å². The first kappa shape index (κ1) is 23.2. The van der Waals surface area contributed by atoms with Crippen LogP contribution in [0.25, 0.3) is 0 Å². The normalized spacial score (nSPS) is 15.5. The number of guanidine groups is 1. The zero-order valence-electron chi connectivity index (χ0n) is 16.4.